The third-order valence-corrected chi connectivity index (χ3v) is 3.37. The van der Waals surface area contributed by atoms with Gasteiger partial charge >= 0.3 is 0 Å². The minimum absolute atomic E-state index is 0.694. The number of hydrogen-bond acceptors (Lipinski definition) is 2. The molecule has 2 rings (SSSR count). The van der Waals surface area contributed by atoms with E-state index in [1.807, 2.05) is 12.4 Å². The SMILES string of the molecule is C=CCc1c(Cl)cnc2ncn(CCCCC)c12. The van der Waals surface area contributed by atoms with E-state index < -0.39 is 0 Å². The lowest BCUT2D eigenvalue weighted by molar-refractivity contribution is 0.612. The third-order valence-electron chi connectivity index (χ3n) is 3.04. The van der Waals surface area contributed by atoms with Crippen LogP contribution in [-0.4, -0.2) is 14.5 Å². The van der Waals surface area contributed by atoms with Crippen molar-refractivity contribution in [3.63, 3.8) is 0 Å². The van der Waals surface area contributed by atoms with Gasteiger partial charge in [-0.25, -0.2) is 9.97 Å². The molecule has 4 heteroatoms. The van der Waals surface area contributed by atoms with Gasteiger partial charge in [0, 0.05) is 18.3 Å². The predicted molar refractivity (Wildman–Crippen MR) is 76.0 cm³/mol. The molecule has 0 saturated carbocycles. The van der Waals surface area contributed by atoms with Crippen LogP contribution in [0.1, 0.15) is 31.7 Å². The zero-order valence-corrected chi connectivity index (χ0v) is 11.5. The van der Waals surface area contributed by atoms with Crippen LogP contribution in [0, 0.1) is 0 Å². The Balaban J connectivity index is 2.41. The zero-order valence-electron chi connectivity index (χ0n) is 10.7. The fraction of sp³-hybridized carbons (Fsp3) is 0.429. The van der Waals surface area contributed by atoms with Crippen molar-refractivity contribution in [2.24, 2.45) is 0 Å². The molecule has 3 nitrogen and oxygen atoms in total. The second kappa shape index (κ2) is 6.01. The molecule has 96 valence electrons. The molecular formula is C14H18ClN3. The van der Waals surface area contributed by atoms with Gasteiger partial charge in [-0.1, -0.05) is 37.4 Å². The van der Waals surface area contributed by atoms with E-state index in [9.17, 15) is 0 Å². The summed E-state index contributed by atoms with van der Waals surface area (Å²) in [5.74, 6) is 0. The van der Waals surface area contributed by atoms with Crippen molar-refractivity contribution in [3.8, 4) is 0 Å². The van der Waals surface area contributed by atoms with E-state index in [4.69, 9.17) is 11.6 Å². The summed E-state index contributed by atoms with van der Waals surface area (Å²) in [6.07, 6.45) is 9.74. The molecule has 0 bridgehead atoms. The smallest absolute Gasteiger partial charge is 0.177 e. The van der Waals surface area contributed by atoms with E-state index >= 15 is 0 Å². The maximum absolute atomic E-state index is 6.22. The predicted octanol–water partition coefficient (Wildman–Crippen LogP) is 4.00. The third kappa shape index (κ3) is 2.56. The van der Waals surface area contributed by atoms with Crippen molar-refractivity contribution in [3.05, 3.63) is 35.8 Å². The average Bonchev–Trinajstić information content (AvgIpc) is 2.77. The fourth-order valence-corrected chi connectivity index (χ4v) is 2.34. The molecular weight excluding hydrogens is 246 g/mol. The molecule has 0 fully saturated rings. The molecule has 0 radical (unpaired) electrons. The number of nitrogens with zero attached hydrogens (tertiary/aromatic N) is 3. The van der Waals surface area contributed by atoms with E-state index in [0.29, 0.717) is 5.02 Å². The van der Waals surface area contributed by atoms with Gasteiger partial charge in [0.2, 0.25) is 0 Å². The first-order valence-electron chi connectivity index (χ1n) is 6.37. The summed E-state index contributed by atoms with van der Waals surface area (Å²) in [7, 11) is 0. The number of hydrogen-bond donors (Lipinski definition) is 0. The van der Waals surface area contributed by atoms with E-state index in [-0.39, 0.29) is 0 Å². The first kappa shape index (κ1) is 13.1. The van der Waals surface area contributed by atoms with Crippen molar-refractivity contribution in [2.75, 3.05) is 0 Å². The summed E-state index contributed by atoms with van der Waals surface area (Å²) in [5, 5.41) is 0.694. The molecule has 0 unspecified atom stereocenters. The summed E-state index contributed by atoms with van der Waals surface area (Å²) >= 11 is 6.22. The minimum atomic E-state index is 0.694. The normalized spacial score (nSPS) is 11.0. The fourth-order valence-electron chi connectivity index (χ4n) is 2.12. The number of rotatable bonds is 6. The molecule has 0 atom stereocenters. The number of allylic oxidation sites excluding steroid dienone is 1. The van der Waals surface area contributed by atoms with Crippen molar-refractivity contribution in [1.29, 1.82) is 0 Å². The lowest BCUT2D eigenvalue weighted by Gasteiger charge is -2.08. The highest BCUT2D eigenvalue weighted by atomic mass is 35.5. The lowest BCUT2D eigenvalue weighted by atomic mass is 10.1. The first-order chi connectivity index (χ1) is 8.77. The van der Waals surface area contributed by atoms with Crippen LogP contribution in [0.2, 0.25) is 5.02 Å². The number of unbranched alkanes of at least 4 members (excludes halogenated alkanes) is 2. The average molecular weight is 264 g/mol. The number of halogens is 1. The van der Waals surface area contributed by atoms with Gasteiger partial charge in [-0.15, -0.1) is 6.58 Å². The van der Waals surface area contributed by atoms with Crippen LogP contribution in [0.5, 0.6) is 0 Å². The van der Waals surface area contributed by atoms with Crippen LogP contribution >= 0.6 is 11.6 Å². The van der Waals surface area contributed by atoms with Crippen molar-refractivity contribution in [1.82, 2.24) is 14.5 Å². The van der Waals surface area contributed by atoms with E-state index in [0.717, 1.165) is 36.1 Å². The summed E-state index contributed by atoms with van der Waals surface area (Å²) in [4.78, 5) is 8.61. The molecule has 0 amide bonds. The Bertz CT molecular complexity index is 545. The summed E-state index contributed by atoms with van der Waals surface area (Å²) in [5.41, 5.74) is 2.90. The van der Waals surface area contributed by atoms with Crippen LogP contribution in [0.25, 0.3) is 11.2 Å². The van der Waals surface area contributed by atoms with Gasteiger partial charge in [0.15, 0.2) is 5.65 Å². The van der Waals surface area contributed by atoms with Crippen LogP contribution < -0.4 is 0 Å². The van der Waals surface area contributed by atoms with E-state index in [2.05, 4.69) is 28.0 Å². The zero-order chi connectivity index (χ0) is 13.0. The number of aromatic nitrogens is 3. The van der Waals surface area contributed by atoms with Crippen molar-refractivity contribution in [2.45, 2.75) is 39.2 Å². The summed E-state index contributed by atoms with van der Waals surface area (Å²) < 4.78 is 2.16. The second-order valence-corrected chi connectivity index (χ2v) is 4.80. The van der Waals surface area contributed by atoms with Crippen molar-refractivity contribution >= 4 is 22.8 Å². The maximum Gasteiger partial charge on any atom is 0.177 e. The number of fused-ring (bicyclic) bond motifs is 1. The Kier molecular flexibility index (Phi) is 4.37. The van der Waals surface area contributed by atoms with Crippen LogP contribution in [0.3, 0.4) is 0 Å². The standard InChI is InChI=1S/C14H18ClN3/c1-3-5-6-8-18-10-17-14-13(18)11(7-4-2)12(15)9-16-14/h4,9-10H,2-3,5-8H2,1H3. The van der Waals surface area contributed by atoms with E-state index in [1.165, 1.54) is 12.8 Å². The lowest BCUT2D eigenvalue weighted by Crippen LogP contribution is -1.99. The Labute approximate surface area is 113 Å². The topological polar surface area (TPSA) is 30.7 Å². The molecule has 2 heterocycles. The highest BCUT2D eigenvalue weighted by Gasteiger charge is 2.11. The Hall–Kier alpha value is -1.35. The summed E-state index contributed by atoms with van der Waals surface area (Å²) in [6, 6.07) is 0. The molecule has 0 aliphatic rings. The number of pyridine rings is 1. The van der Waals surface area contributed by atoms with Gasteiger partial charge in [-0.3, -0.25) is 0 Å². The monoisotopic (exact) mass is 263 g/mol. The van der Waals surface area contributed by atoms with Crippen LogP contribution in [0.4, 0.5) is 0 Å². The molecule has 0 N–H and O–H groups in total. The van der Waals surface area contributed by atoms with Gasteiger partial charge in [0.25, 0.3) is 0 Å². The quantitative estimate of drug-likeness (QED) is 0.582. The Morgan fingerprint density at radius 3 is 2.94 bits per heavy atom. The molecule has 0 aliphatic carbocycles. The molecule has 0 aliphatic heterocycles. The van der Waals surface area contributed by atoms with Gasteiger partial charge < -0.3 is 4.57 Å². The molecule has 0 saturated heterocycles. The van der Waals surface area contributed by atoms with Crippen LogP contribution in [0.15, 0.2) is 25.2 Å². The van der Waals surface area contributed by atoms with E-state index in [1.54, 1.807) is 6.20 Å². The Morgan fingerprint density at radius 2 is 2.22 bits per heavy atom. The van der Waals surface area contributed by atoms with Crippen molar-refractivity contribution < 1.29 is 0 Å². The second-order valence-electron chi connectivity index (χ2n) is 4.39. The molecule has 2 aromatic heterocycles. The summed E-state index contributed by atoms with van der Waals surface area (Å²) in [6.45, 7) is 6.96. The molecule has 2 aromatic rings. The minimum Gasteiger partial charge on any atom is -0.329 e. The number of aryl methyl sites for hydroxylation is 1. The maximum atomic E-state index is 6.22. The van der Waals surface area contributed by atoms with Crippen LogP contribution in [-0.2, 0) is 13.0 Å². The first-order valence-corrected chi connectivity index (χ1v) is 6.74. The van der Waals surface area contributed by atoms with Gasteiger partial charge in [-0.05, 0) is 12.8 Å². The molecule has 0 spiro atoms. The largest absolute Gasteiger partial charge is 0.329 e. The highest BCUT2D eigenvalue weighted by molar-refractivity contribution is 6.32. The highest BCUT2D eigenvalue weighted by Crippen LogP contribution is 2.25. The molecule has 18 heavy (non-hydrogen) atoms. The van der Waals surface area contributed by atoms with Gasteiger partial charge in [0.05, 0.1) is 16.9 Å². The van der Waals surface area contributed by atoms with Gasteiger partial charge in [-0.2, -0.15) is 0 Å². The number of imidazole rings is 1. The van der Waals surface area contributed by atoms with Gasteiger partial charge in [0.1, 0.15) is 0 Å². The Morgan fingerprint density at radius 1 is 1.39 bits per heavy atom. The molecule has 0 aromatic carbocycles.